The van der Waals surface area contributed by atoms with Crippen molar-refractivity contribution in [1.29, 1.82) is 0 Å². The highest BCUT2D eigenvalue weighted by atomic mass is 15.5. The Bertz CT molecular complexity index is 694. The summed E-state index contributed by atoms with van der Waals surface area (Å²) in [5.74, 6) is 0. The quantitative estimate of drug-likeness (QED) is 0.786. The van der Waals surface area contributed by atoms with E-state index in [0.29, 0.717) is 0 Å². The van der Waals surface area contributed by atoms with Gasteiger partial charge in [-0.2, -0.15) is 5.10 Å². The third-order valence-electron chi connectivity index (χ3n) is 4.27. The molecule has 0 unspecified atom stereocenters. The van der Waals surface area contributed by atoms with E-state index in [9.17, 15) is 0 Å². The van der Waals surface area contributed by atoms with Gasteiger partial charge in [0.25, 0.3) is 0 Å². The molecule has 1 saturated heterocycles. The zero-order chi connectivity index (χ0) is 16.8. The number of hydrogen-bond donors (Lipinski definition) is 0. The number of allylic oxidation sites excluding steroid dienone is 1. The minimum absolute atomic E-state index is 0.961. The number of anilines is 1. The molecule has 2 aromatic carbocycles. The van der Waals surface area contributed by atoms with Crippen LogP contribution >= 0.6 is 0 Å². The zero-order valence-electron chi connectivity index (χ0n) is 14.5. The smallest absolute Gasteiger partial charge is 0.0536 e. The molecule has 1 aliphatic heterocycles. The average Bonchev–Trinajstić information content (AvgIpc) is 2.62. The van der Waals surface area contributed by atoms with E-state index >= 15 is 0 Å². The van der Waals surface area contributed by atoms with Crippen LogP contribution in [0.1, 0.15) is 18.1 Å². The van der Waals surface area contributed by atoms with Gasteiger partial charge in [0, 0.05) is 25.0 Å². The molecule has 0 N–H and O–H groups in total. The van der Waals surface area contributed by atoms with E-state index in [-0.39, 0.29) is 0 Å². The molecule has 0 aliphatic carbocycles. The molecule has 1 heterocycles. The van der Waals surface area contributed by atoms with Crippen molar-refractivity contribution >= 4 is 18.0 Å². The van der Waals surface area contributed by atoms with Gasteiger partial charge in [-0.1, -0.05) is 54.1 Å². The molecule has 0 amide bonds. The van der Waals surface area contributed by atoms with E-state index in [1.165, 1.54) is 22.4 Å². The summed E-state index contributed by atoms with van der Waals surface area (Å²) in [6.07, 6.45) is 4.13. The van der Waals surface area contributed by atoms with Gasteiger partial charge in [-0.05, 0) is 37.1 Å². The average molecular weight is 319 g/mol. The Kier molecular flexibility index (Phi) is 5.32. The van der Waals surface area contributed by atoms with Crippen molar-refractivity contribution in [2.24, 2.45) is 5.10 Å². The molecule has 1 fully saturated rings. The Morgan fingerprint density at radius 1 is 0.917 bits per heavy atom. The first-order valence-electron chi connectivity index (χ1n) is 8.54. The van der Waals surface area contributed by atoms with Crippen molar-refractivity contribution in [3.8, 4) is 0 Å². The Hall–Kier alpha value is -2.55. The van der Waals surface area contributed by atoms with E-state index < -0.39 is 0 Å². The first-order chi connectivity index (χ1) is 11.7. The van der Waals surface area contributed by atoms with Crippen LogP contribution in [0.4, 0.5) is 5.69 Å². The standard InChI is InChI=1S/C21H25N3/c1-18-8-10-21(11-9-18)23-12-14-24(15-13-23)22-17-19(2)16-20-6-4-3-5-7-20/h3-11,16-17H,12-15H2,1-2H3/b19-16+,22-17-. The predicted molar refractivity (Wildman–Crippen MR) is 104 cm³/mol. The number of rotatable bonds is 4. The van der Waals surface area contributed by atoms with E-state index in [1.807, 2.05) is 12.3 Å². The highest BCUT2D eigenvalue weighted by molar-refractivity contribution is 5.84. The number of piperazine rings is 1. The van der Waals surface area contributed by atoms with Gasteiger partial charge >= 0.3 is 0 Å². The fourth-order valence-corrected chi connectivity index (χ4v) is 2.85. The SMILES string of the molecule is CC(/C=N\N1CCN(c2ccc(C)cc2)CC1)=C\c1ccccc1. The topological polar surface area (TPSA) is 18.8 Å². The third-order valence-corrected chi connectivity index (χ3v) is 4.27. The van der Waals surface area contributed by atoms with Gasteiger partial charge in [0.2, 0.25) is 0 Å². The maximum atomic E-state index is 4.63. The highest BCUT2D eigenvalue weighted by Crippen LogP contribution is 2.17. The van der Waals surface area contributed by atoms with Gasteiger partial charge < -0.3 is 4.90 Å². The molecule has 3 heteroatoms. The van der Waals surface area contributed by atoms with Crippen LogP contribution < -0.4 is 4.90 Å². The van der Waals surface area contributed by atoms with Crippen molar-refractivity contribution in [3.05, 3.63) is 71.3 Å². The molecule has 0 bridgehead atoms. The maximum absolute atomic E-state index is 4.63. The fourth-order valence-electron chi connectivity index (χ4n) is 2.85. The van der Waals surface area contributed by atoms with Crippen molar-refractivity contribution in [2.75, 3.05) is 31.1 Å². The molecule has 3 nitrogen and oxygen atoms in total. The lowest BCUT2D eigenvalue weighted by Crippen LogP contribution is -2.44. The molecule has 3 rings (SSSR count). The number of nitrogens with zero attached hydrogens (tertiary/aromatic N) is 3. The van der Waals surface area contributed by atoms with Crippen LogP contribution in [0.25, 0.3) is 6.08 Å². The van der Waals surface area contributed by atoms with Gasteiger partial charge in [0.1, 0.15) is 0 Å². The second-order valence-electron chi connectivity index (χ2n) is 6.32. The van der Waals surface area contributed by atoms with E-state index in [4.69, 9.17) is 0 Å². The molecule has 2 aromatic rings. The van der Waals surface area contributed by atoms with Crippen molar-refractivity contribution in [1.82, 2.24) is 5.01 Å². The summed E-state index contributed by atoms with van der Waals surface area (Å²) < 4.78 is 0. The molecule has 124 valence electrons. The molecular weight excluding hydrogens is 294 g/mol. The predicted octanol–water partition coefficient (Wildman–Crippen LogP) is 4.21. The first kappa shape index (κ1) is 16.3. The molecule has 0 radical (unpaired) electrons. The minimum Gasteiger partial charge on any atom is -0.368 e. The fraction of sp³-hybridized carbons (Fsp3) is 0.286. The van der Waals surface area contributed by atoms with Crippen LogP contribution in [0, 0.1) is 6.92 Å². The molecule has 0 saturated carbocycles. The molecule has 1 aliphatic rings. The second-order valence-corrected chi connectivity index (χ2v) is 6.32. The lowest BCUT2D eigenvalue weighted by Gasteiger charge is -2.34. The Morgan fingerprint density at radius 2 is 1.58 bits per heavy atom. The first-order valence-corrected chi connectivity index (χ1v) is 8.54. The maximum Gasteiger partial charge on any atom is 0.0536 e. The van der Waals surface area contributed by atoms with Crippen molar-refractivity contribution in [3.63, 3.8) is 0 Å². The zero-order valence-corrected chi connectivity index (χ0v) is 14.5. The summed E-state index contributed by atoms with van der Waals surface area (Å²) in [6, 6.07) is 19.1. The summed E-state index contributed by atoms with van der Waals surface area (Å²) in [5.41, 5.74) is 5.00. The molecule has 0 atom stereocenters. The monoisotopic (exact) mass is 319 g/mol. The van der Waals surface area contributed by atoms with Crippen LogP contribution in [0.5, 0.6) is 0 Å². The summed E-state index contributed by atoms with van der Waals surface area (Å²) in [7, 11) is 0. The third kappa shape index (κ3) is 4.48. The number of hydrazone groups is 1. The Morgan fingerprint density at radius 3 is 2.25 bits per heavy atom. The van der Waals surface area contributed by atoms with Crippen LogP contribution in [0.3, 0.4) is 0 Å². The summed E-state index contributed by atoms with van der Waals surface area (Å²) in [6.45, 7) is 8.18. The van der Waals surface area contributed by atoms with E-state index in [2.05, 4.69) is 83.5 Å². The lowest BCUT2D eigenvalue weighted by molar-refractivity contribution is 0.272. The Balaban J connectivity index is 1.53. The summed E-state index contributed by atoms with van der Waals surface area (Å²) in [4.78, 5) is 2.43. The van der Waals surface area contributed by atoms with Crippen LogP contribution in [0.15, 0.2) is 65.3 Å². The summed E-state index contributed by atoms with van der Waals surface area (Å²) >= 11 is 0. The second kappa shape index (κ2) is 7.82. The molecule has 0 spiro atoms. The van der Waals surface area contributed by atoms with Crippen LogP contribution in [-0.4, -0.2) is 37.4 Å². The summed E-state index contributed by atoms with van der Waals surface area (Å²) in [5, 5.41) is 6.79. The molecule has 0 aromatic heterocycles. The van der Waals surface area contributed by atoms with Crippen molar-refractivity contribution < 1.29 is 0 Å². The largest absolute Gasteiger partial charge is 0.368 e. The van der Waals surface area contributed by atoms with Crippen LogP contribution in [-0.2, 0) is 0 Å². The van der Waals surface area contributed by atoms with Crippen LogP contribution in [0.2, 0.25) is 0 Å². The number of benzene rings is 2. The lowest BCUT2D eigenvalue weighted by atomic mass is 10.1. The number of aryl methyl sites for hydroxylation is 1. The van der Waals surface area contributed by atoms with Gasteiger partial charge in [0.15, 0.2) is 0 Å². The van der Waals surface area contributed by atoms with Gasteiger partial charge in [0.05, 0.1) is 13.1 Å². The number of hydrogen-bond acceptors (Lipinski definition) is 3. The van der Waals surface area contributed by atoms with E-state index in [0.717, 1.165) is 26.2 Å². The van der Waals surface area contributed by atoms with Gasteiger partial charge in [-0.25, -0.2) is 0 Å². The Labute approximate surface area is 144 Å². The highest BCUT2D eigenvalue weighted by Gasteiger charge is 2.15. The molecular formula is C21H25N3. The minimum atomic E-state index is 0.961. The molecule has 24 heavy (non-hydrogen) atoms. The van der Waals surface area contributed by atoms with Gasteiger partial charge in [-0.15, -0.1) is 0 Å². The van der Waals surface area contributed by atoms with Crippen molar-refractivity contribution in [2.45, 2.75) is 13.8 Å². The van der Waals surface area contributed by atoms with Gasteiger partial charge in [-0.3, -0.25) is 5.01 Å². The normalized spacial score (nSPS) is 16.0. The van der Waals surface area contributed by atoms with E-state index in [1.54, 1.807) is 0 Å².